The number of aliphatic imine (C=N–C) groups is 1. The van der Waals surface area contributed by atoms with E-state index in [9.17, 15) is 0 Å². The summed E-state index contributed by atoms with van der Waals surface area (Å²) in [6, 6.07) is 7.97. The van der Waals surface area contributed by atoms with Gasteiger partial charge in [0.05, 0.1) is 0 Å². The van der Waals surface area contributed by atoms with Crippen molar-refractivity contribution in [3.63, 3.8) is 0 Å². The minimum atomic E-state index is 0.646. The molecule has 0 bridgehead atoms. The highest BCUT2D eigenvalue weighted by atomic mass is 35.5. The highest BCUT2D eigenvalue weighted by molar-refractivity contribution is 6.30. The minimum Gasteiger partial charge on any atom is -0.382 e. The van der Waals surface area contributed by atoms with Crippen LogP contribution in [-0.2, 0) is 4.74 Å². The van der Waals surface area contributed by atoms with Crippen LogP contribution in [0.25, 0.3) is 0 Å². The van der Waals surface area contributed by atoms with Gasteiger partial charge in [-0.1, -0.05) is 11.6 Å². The fraction of sp³-hybridized carbons (Fsp3) is 0.562. The van der Waals surface area contributed by atoms with Crippen LogP contribution in [0.2, 0.25) is 5.02 Å². The van der Waals surface area contributed by atoms with E-state index in [0.717, 1.165) is 57.4 Å². The zero-order valence-electron chi connectivity index (χ0n) is 13.2. The Hall–Kier alpha value is -1.46. The Balaban J connectivity index is 1.76. The second-order valence-electron chi connectivity index (χ2n) is 5.24. The van der Waals surface area contributed by atoms with Crippen molar-refractivity contribution >= 4 is 23.2 Å². The Morgan fingerprint density at radius 1 is 1.23 bits per heavy atom. The van der Waals surface area contributed by atoms with Crippen LogP contribution < -0.4 is 10.6 Å². The van der Waals surface area contributed by atoms with E-state index in [4.69, 9.17) is 22.1 Å². The predicted octanol–water partition coefficient (Wildman–Crippen LogP) is 2.20. The smallest absolute Gasteiger partial charge is 0.191 e. The summed E-state index contributed by atoms with van der Waals surface area (Å²) in [5.41, 5.74) is 7.27. The first kappa shape index (κ1) is 16.9. The lowest BCUT2D eigenvalue weighted by Gasteiger charge is -2.36. The molecule has 22 heavy (non-hydrogen) atoms. The van der Waals surface area contributed by atoms with Crippen molar-refractivity contribution in [2.45, 2.75) is 13.3 Å². The first-order chi connectivity index (χ1) is 10.7. The molecule has 1 aromatic rings. The lowest BCUT2D eigenvalue weighted by Crippen LogP contribution is -2.51. The molecule has 1 saturated heterocycles. The predicted molar refractivity (Wildman–Crippen MR) is 92.8 cm³/mol. The first-order valence-corrected chi connectivity index (χ1v) is 8.21. The number of anilines is 1. The van der Waals surface area contributed by atoms with Crippen LogP contribution in [0.4, 0.5) is 5.69 Å². The summed E-state index contributed by atoms with van der Waals surface area (Å²) in [6.45, 7) is 7.89. The molecule has 0 atom stereocenters. The lowest BCUT2D eigenvalue weighted by atomic mass is 10.2. The first-order valence-electron chi connectivity index (χ1n) is 7.84. The SMILES string of the molecule is CCOCCCN=C(N)N1CCN(c2ccc(Cl)cc2)CC1. The van der Waals surface area contributed by atoms with E-state index in [2.05, 4.69) is 26.9 Å². The molecule has 0 unspecified atom stereocenters. The van der Waals surface area contributed by atoms with E-state index >= 15 is 0 Å². The number of nitrogens with two attached hydrogens (primary N) is 1. The van der Waals surface area contributed by atoms with Crippen molar-refractivity contribution in [2.75, 3.05) is 50.8 Å². The summed E-state index contributed by atoms with van der Waals surface area (Å²) in [7, 11) is 0. The number of ether oxygens (including phenoxy) is 1. The van der Waals surface area contributed by atoms with Gasteiger partial charge in [-0.05, 0) is 37.6 Å². The van der Waals surface area contributed by atoms with Crippen LogP contribution in [0.1, 0.15) is 13.3 Å². The molecule has 0 amide bonds. The average molecular weight is 325 g/mol. The van der Waals surface area contributed by atoms with E-state index in [1.54, 1.807) is 0 Å². The monoisotopic (exact) mass is 324 g/mol. The van der Waals surface area contributed by atoms with Gasteiger partial charge in [-0.25, -0.2) is 0 Å². The average Bonchev–Trinajstić information content (AvgIpc) is 2.55. The topological polar surface area (TPSA) is 54.1 Å². The van der Waals surface area contributed by atoms with E-state index in [1.165, 1.54) is 5.69 Å². The van der Waals surface area contributed by atoms with Crippen LogP contribution in [0.15, 0.2) is 29.3 Å². The molecule has 0 saturated carbocycles. The normalized spacial score (nSPS) is 16.2. The zero-order chi connectivity index (χ0) is 15.8. The fourth-order valence-electron chi connectivity index (χ4n) is 2.45. The molecule has 0 aromatic heterocycles. The van der Waals surface area contributed by atoms with Crippen LogP contribution in [0, 0.1) is 0 Å². The van der Waals surface area contributed by atoms with Gasteiger partial charge in [0.15, 0.2) is 5.96 Å². The molecule has 1 aromatic carbocycles. The number of rotatable bonds is 6. The molecule has 2 N–H and O–H groups in total. The molecule has 0 radical (unpaired) electrons. The van der Waals surface area contributed by atoms with Crippen molar-refractivity contribution in [2.24, 2.45) is 10.7 Å². The van der Waals surface area contributed by atoms with Gasteiger partial charge >= 0.3 is 0 Å². The number of halogens is 1. The summed E-state index contributed by atoms with van der Waals surface area (Å²) in [5, 5.41) is 0.769. The molecular formula is C16H25ClN4O. The maximum absolute atomic E-state index is 6.07. The van der Waals surface area contributed by atoms with Gasteiger partial charge < -0.3 is 20.3 Å². The highest BCUT2D eigenvalue weighted by Crippen LogP contribution is 2.19. The number of guanidine groups is 1. The largest absolute Gasteiger partial charge is 0.382 e. The van der Waals surface area contributed by atoms with E-state index in [-0.39, 0.29) is 0 Å². The molecule has 1 fully saturated rings. The quantitative estimate of drug-likeness (QED) is 0.495. The van der Waals surface area contributed by atoms with Crippen molar-refractivity contribution in [3.05, 3.63) is 29.3 Å². The van der Waals surface area contributed by atoms with Crippen molar-refractivity contribution in [1.29, 1.82) is 0 Å². The number of nitrogens with zero attached hydrogens (tertiary/aromatic N) is 3. The van der Waals surface area contributed by atoms with Crippen LogP contribution >= 0.6 is 11.6 Å². The third-order valence-corrected chi connectivity index (χ3v) is 3.97. The van der Waals surface area contributed by atoms with Crippen LogP contribution in [-0.4, -0.2) is 56.8 Å². The summed E-state index contributed by atoms with van der Waals surface area (Å²) in [6.07, 6.45) is 0.916. The summed E-state index contributed by atoms with van der Waals surface area (Å²) in [5.74, 6) is 0.646. The van der Waals surface area contributed by atoms with Crippen molar-refractivity contribution < 1.29 is 4.74 Å². The molecule has 6 heteroatoms. The molecule has 0 spiro atoms. The zero-order valence-corrected chi connectivity index (χ0v) is 13.9. The Kier molecular flexibility index (Phi) is 6.80. The van der Waals surface area contributed by atoms with Crippen LogP contribution in [0.3, 0.4) is 0 Å². The number of piperazine rings is 1. The second kappa shape index (κ2) is 8.86. The molecular weight excluding hydrogens is 300 g/mol. The highest BCUT2D eigenvalue weighted by Gasteiger charge is 2.18. The molecule has 122 valence electrons. The molecule has 0 aliphatic carbocycles. The van der Waals surface area contributed by atoms with Crippen LogP contribution in [0.5, 0.6) is 0 Å². The summed E-state index contributed by atoms with van der Waals surface area (Å²) >= 11 is 5.93. The molecule has 2 rings (SSSR count). The van der Waals surface area contributed by atoms with E-state index in [1.807, 2.05) is 19.1 Å². The third kappa shape index (κ3) is 5.07. The van der Waals surface area contributed by atoms with Gasteiger partial charge in [-0.2, -0.15) is 0 Å². The molecule has 5 nitrogen and oxygen atoms in total. The summed E-state index contributed by atoms with van der Waals surface area (Å²) in [4.78, 5) is 8.92. The second-order valence-corrected chi connectivity index (χ2v) is 5.68. The molecule has 1 aliphatic heterocycles. The van der Waals surface area contributed by atoms with Gasteiger partial charge in [0.2, 0.25) is 0 Å². The van der Waals surface area contributed by atoms with E-state index < -0.39 is 0 Å². The summed E-state index contributed by atoms with van der Waals surface area (Å²) < 4.78 is 5.29. The third-order valence-electron chi connectivity index (χ3n) is 3.72. The Labute approximate surface area is 137 Å². The molecule has 1 aliphatic rings. The fourth-order valence-corrected chi connectivity index (χ4v) is 2.58. The van der Waals surface area contributed by atoms with Gasteiger partial charge in [0, 0.05) is 56.6 Å². The number of hydrogen-bond donors (Lipinski definition) is 1. The Morgan fingerprint density at radius 2 is 1.91 bits per heavy atom. The lowest BCUT2D eigenvalue weighted by molar-refractivity contribution is 0.146. The van der Waals surface area contributed by atoms with Crippen molar-refractivity contribution in [3.8, 4) is 0 Å². The minimum absolute atomic E-state index is 0.646. The van der Waals surface area contributed by atoms with Gasteiger partial charge in [-0.3, -0.25) is 4.99 Å². The Bertz CT molecular complexity index is 470. The maximum Gasteiger partial charge on any atom is 0.191 e. The van der Waals surface area contributed by atoms with E-state index in [0.29, 0.717) is 5.96 Å². The van der Waals surface area contributed by atoms with Crippen molar-refractivity contribution in [1.82, 2.24) is 4.90 Å². The Morgan fingerprint density at radius 3 is 2.55 bits per heavy atom. The van der Waals surface area contributed by atoms with Gasteiger partial charge in [-0.15, -0.1) is 0 Å². The van der Waals surface area contributed by atoms with Gasteiger partial charge in [0.25, 0.3) is 0 Å². The maximum atomic E-state index is 6.07. The number of hydrogen-bond acceptors (Lipinski definition) is 3. The standard InChI is InChI=1S/C16H25ClN4O/c1-2-22-13-3-8-19-16(18)21-11-9-20(10-12-21)15-6-4-14(17)5-7-15/h4-7H,2-3,8-13H2,1H3,(H2,18,19). The van der Waals surface area contributed by atoms with Gasteiger partial charge in [0.1, 0.15) is 0 Å². The molecule has 1 heterocycles. The number of benzene rings is 1.